The van der Waals surface area contributed by atoms with Crippen LogP contribution in [0.25, 0.3) is 0 Å². The summed E-state index contributed by atoms with van der Waals surface area (Å²) < 4.78 is 0. The Morgan fingerprint density at radius 3 is 2.90 bits per heavy atom. The lowest BCUT2D eigenvalue weighted by Crippen LogP contribution is -1.87. The predicted octanol–water partition coefficient (Wildman–Crippen LogP) is 1.44. The summed E-state index contributed by atoms with van der Waals surface area (Å²) >= 11 is 5.50. The molecule has 1 aromatic rings. The molecular formula is C6H7ClN2O. The quantitative estimate of drug-likeness (QED) is 0.662. The van der Waals surface area contributed by atoms with Crippen LogP contribution < -0.4 is 0 Å². The Hall–Kier alpha value is -0.830. The molecular weight excluding hydrogens is 152 g/mol. The third-order valence-electron chi connectivity index (χ3n) is 1.25. The van der Waals surface area contributed by atoms with Crippen LogP contribution in [0.1, 0.15) is 23.1 Å². The number of carbonyl (C=O) groups is 1. The third-order valence-corrected chi connectivity index (χ3v) is 1.43. The number of H-pyrrole nitrogens is 1. The van der Waals surface area contributed by atoms with Gasteiger partial charge < -0.3 is 4.98 Å². The van der Waals surface area contributed by atoms with Crippen LogP contribution in [-0.2, 0) is 6.42 Å². The molecule has 3 nitrogen and oxygen atoms in total. The first-order chi connectivity index (χ1) is 4.77. The zero-order valence-electron chi connectivity index (χ0n) is 5.52. The Bertz CT molecular complexity index is 244. The Kier molecular flexibility index (Phi) is 2.06. The van der Waals surface area contributed by atoms with Crippen molar-refractivity contribution in [1.82, 2.24) is 9.97 Å². The lowest BCUT2D eigenvalue weighted by Gasteiger charge is -1.86. The molecule has 0 aliphatic rings. The van der Waals surface area contributed by atoms with Gasteiger partial charge in [0.15, 0.2) is 6.29 Å². The van der Waals surface area contributed by atoms with E-state index in [1.54, 1.807) is 0 Å². The van der Waals surface area contributed by atoms with Crippen molar-refractivity contribution in [3.8, 4) is 0 Å². The van der Waals surface area contributed by atoms with E-state index in [4.69, 9.17) is 11.6 Å². The second-order valence-corrected chi connectivity index (χ2v) is 2.22. The number of aromatic nitrogens is 2. The minimum Gasteiger partial charge on any atom is -0.332 e. The van der Waals surface area contributed by atoms with E-state index in [1.807, 2.05) is 6.92 Å². The number of aldehydes is 1. The summed E-state index contributed by atoms with van der Waals surface area (Å²) in [6.07, 6.45) is 1.44. The number of hydrogen-bond donors (Lipinski definition) is 1. The van der Waals surface area contributed by atoms with Crippen LogP contribution in [-0.4, -0.2) is 16.3 Å². The Morgan fingerprint density at radius 1 is 1.80 bits per heavy atom. The Labute approximate surface area is 63.4 Å². The van der Waals surface area contributed by atoms with Crippen molar-refractivity contribution >= 4 is 17.9 Å². The minimum absolute atomic E-state index is 0.277. The van der Waals surface area contributed by atoms with Crippen LogP contribution >= 0.6 is 11.6 Å². The van der Waals surface area contributed by atoms with E-state index >= 15 is 0 Å². The zero-order chi connectivity index (χ0) is 7.56. The molecule has 0 amide bonds. The van der Waals surface area contributed by atoms with Gasteiger partial charge in [0.1, 0.15) is 5.69 Å². The zero-order valence-corrected chi connectivity index (χ0v) is 6.27. The molecule has 0 spiro atoms. The first kappa shape index (κ1) is 7.28. The van der Waals surface area contributed by atoms with Gasteiger partial charge in [0, 0.05) is 5.69 Å². The summed E-state index contributed by atoms with van der Waals surface area (Å²) in [5, 5.41) is 0.277. The molecule has 1 heterocycles. The van der Waals surface area contributed by atoms with E-state index in [9.17, 15) is 4.79 Å². The van der Waals surface area contributed by atoms with E-state index in [0.717, 1.165) is 12.1 Å². The fourth-order valence-electron chi connectivity index (χ4n) is 0.757. The highest BCUT2D eigenvalue weighted by Gasteiger charge is 2.04. The fraction of sp³-hybridized carbons (Fsp3) is 0.333. The molecule has 0 unspecified atom stereocenters. The van der Waals surface area contributed by atoms with Crippen molar-refractivity contribution in [1.29, 1.82) is 0 Å². The number of halogens is 1. The average molecular weight is 159 g/mol. The maximum atomic E-state index is 10.3. The number of aryl methyl sites for hydroxylation is 1. The van der Waals surface area contributed by atoms with Crippen LogP contribution in [0.5, 0.6) is 0 Å². The maximum Gasteiger partial charge on any atom is 0.200 e. The number of carbonyl (C=O) groups excluding carboxylic acids is 1. The van der Waals surface area contributed by atoms with E-state index in [-0.39, 0.29) is 5.28 Å². The predicted molar refractivity (Wildman–Crippen MR) is 38.4 cm³/mol. The molecule has 0 saturated carbocycles. The molecule has 1 N–H and O–H groups in total. The minimum atomic E-state index is 0.277. The number of hydrogen-bond acceptors (Lipinski definition) is 2. The van der Waals surface area contributed by atoms with Gasteiger partial charge >= 0.3 is 0 Å². The molecule has 4 heteroatoms. The monoisotopic (exact) mass is 158 g/mol. The van der Waals surface area contributed by atoms with Gasteiger partial charge in [-0.3, -0.25) is 4.79 Å². The molecule has 0 radical (unpaired) electrons. The van der Waals surface area contributed by atoms with Crippen LogP contribution in [0, 0.1) is 0 Å². The van der Waals surface area contributed by atoms with E-state index < -0.39 is 0 Å². The Balaban J connectivity index is 3.08. The van der Waals surface area contributed by atoms with Gasteiger partial charge in [0.05, 0.1) is 0 Å². The molecule has 54 valence electrons. The van der Waals surface area contributed by atoms with Crippen LogP contribution in [0.15, 0.2) is 0 Å². The molecule has 0 aliphatic carbocycles. The largest absolute Gasteiger partial charge is 0.332 e. The van der Waals surface area contributed by atoms with Crippen molar-refractivity contribution in [2.45, 2.75) is 13.3 Å². The normalized spacial score (nSPS) is 9.80. The van der Waals surface area contributed by atoms with Crippen molar-refractivity contribution in [3.63, 3.8) is 0 Å². The highest BCUT2D eigenvalue weighted by atomic mass is 35.5. The van der Waals surface area contributed by atoms with Gasteiger partial charge in [-0.25, -0.2) is 4.98 Å². The summed E-state index contributed by atoms with van der Waals surface area (Å²) in [7, 11) is 0. The molecule has 0 bridgehead atoms. The summed E-state index contributed by atoms with van der Waals surface area (Å²) in [5.41, 5.74) is 1.20. The van der Waals surface area contributed by atoms with Crippen molar-refractivity contribution in [2.75, 3.05) is 0 Å². The summed E-state index contributed by atoms with van der Waals surface area (Å²) in [4.78, 5) is 16.8. The second-order valence-electron chi connectivity index (χ2n) is 1.86. The fourth-order valence-corrected chi connectivity index (χ4v) is 0.962. The van der Waals surface area contributed by atoms with E-state index in [2.05, 4.69) is 9.97 Å². The van der Waals surface area contributed by atoms with Crippen molar-refractivity contribution in [3.05, 3.63) is 16.7 Å². The van der Waals surface area contributed by atoms with Crippen LogP contribution in [0.2, 0.25) is 5.28 Å². The highest BCUT2D eigenvalue weighted by Crippen LogP contribution is 2.08. The Morgan fingerprint density at radius 2 is 2.50 bits per heavy atom. The lowest BCUT2D eigenvalue weighted by molar-refractivity contribution is 0.111. The number of nitrogens with one attached hydrogen (secondary N) is 1. The van der Waals surface area contributed by atoms with Gasteiger partial charge in [-0.2, -0.15) is 0 Å². The second kappa shape index (κ2) is 2.84. The topological polar surface area (TPSA) is 45.8 Å². The van der Waals surface area contributed by atoms with E-state index in [0.29, 0.717) is 12.0 Å². The maximum absolute atomic E-state index is 10.3. The average Bonchev–Trinajstić information content (AvgIpc) is 2.30. The molecule has 0 aliphatic heterocycles. The summed E-state index contributed by atoms with van der Waals surface area (Å²) in [6, 6.07) is 0. The molecule has 1 rings (SSSR count). The first-order valence-electron chi connectivity index (χ1n) is 2.97. The van der Waals surface area contributed by atoms with Crippen molar-refractivity contribution < 1.29 is 4.79 Å². The molecule has 10 heavy (non-hydrogen) atoms. The highest BCUT2D eigenvalue weighted by molar-refractivity contribution is 6.28. The van der Waals surface area contributed by atoms with Crippen LogP contribution in [0.3, 0.4) is 0 Å². The third kappa shape index (κ3) is 1.19. The SMILES string of the molecule is CCc1[nH]c(Cl)nc1C=O. The molecule has 0 fully saturated rings. The van der Waals surface area contributed by atoms with Crippen LogP contribution in [0.4, 0.5) is 0 Å². The lowest BCUT2D eigenvalue weighted by atomic mass is 10.3. The first-order valence-corrected chi connectivity index (χ1v) is 3.35. The van der Waals surface area contributed by atoms with Gasteiger partial charge in [0.2, 0.25) is 5.28 Å². The number of rotatable bonds is 2. The molecule has 0 aromatic carbocycles. The van der Waals surface area contributed by atoms with Gasteiger partial charge in [-0.05, 0) is 18.0 Å². The molecule has 1 aromatic heterocycles. The number of nitrogens with zero attached hydrogens (tertiary/aromatic N) is 1. The number of aromatic amines is 1. The van der Waals surface area contributed by atoms with E-state index in [1.165, 1.54) is 0 Å². The number of imidazole rings is 1. The summed E-state index contributed by atoms with van der Waals surface area (Å²) in [6.45, 7) is 1.93. The smallest absolute Gasteiger partial charge is 0.200 e. The summed E-state index contributed by atoms with van der Waals surface area (Å²) in [5.74, 6) is 0. The van der Waals surface area contributed by atoms with Crippen molar-refractivity contribution in [2.24, 2.45) is 0 Å². The molecule has 0 atom stereocenters. The standard InChI is InChI=1S/C6H7ClN2O/c1-2-4-5(3-10)9-6(7)8-4/h3H,2H2,1H3,(H,8,9). The van der Waals surface area contributed by atoms with Gasteiger partial charge in [-0.1, -0.05) is 6.92 Å². The molecule has 0 saturated heterocycles. The van der Waals surface area contributed by atoms with Gasteiger partial charge in [-0.15, -0.1) is 0 Å². The van der Waals surface area contributed by atoms with Gasteiger partial charge in [0.25, 0.3) is 0 Å².